The SMILES string of the molecule is N[C@@H](CCC(=O)Nc1ccc(N=Nc2ccccc2)cc1)C(=O)O. The first-order chi connectivity index (χ1) is 11.5. The van der Waals surface area contributed by atoms with Crippen molar-refractivity contribution in [3.8, 4) is 0 Å². The van der Waals surface area contributed by atoms with Gasteiger partial charge in [-0.3, -0.25) is 9.59 Å². The van der Waals surface area contributed by atoms with E-state index in [9.17, 15) is 9.59 Å². The van der Waals surface area contributed by atoms with Gasteiger partial charge in [0, 0.05) is 12.1 Å². The Bertz CT molecular complexity index is 714. The van der Waals surface area contributed by atoms with Gasteiger partial charge in [-0.05, 0) is 42.8 Å². The molecule has 1 amide bonds. The van der Waals surface area contributed by atoms with Crippen molar-refractivity contribution in [1.82, 2.24) is 0 Å². The predicted octanol–water partition coefficient (Wildman–Crippen LogP) is 3.23. The monoisotopic (exact) mass is 326 g/mol. The molecule has 0 bridgehead atoms. The second-order valence-electron chi connectivity index (χ2n) is 5.11. The Hall–Kier alpha value is -3.06. The van der Waals surface area contributed by atoms with E-state index >= 15 is 0 Å². The molecule has 0 fully saturated rings. The molecular formula is C17H18N4O3. The summed E-state index contributed by atoms with van der Waals surface area (Å²) >= 11 is 0. The molecule has 24 heavy (non-hydrogen) atoms. The fourth-order valence-electron chi connectivity index (χ4n) is 1.86. The number of hydrogen-bond acceptors (Lipinski definition) is 5. The number of benzene rings is 2. The van der Waals surface area contributed by atoms with E-state index in [4.69, 9.17) is 10.8 Å². The largest absolute Gasteiger partial charge is 0.480 e. The molecule has 7 nitrogen and oxygen atoms in total. The molecule has 0 spiro atoms. The fourth-order valence-corrected chi connectivity index (χ4v) is 1.86. The molecule has 0 heterocycles. The second kappa shape index (κ2) is 8.54. The number of anilines is 1. The van der Waals surface area contributed by atoms with Crippen molar-refractivity contribution in [3.05, 3.63) is 54.6 Å². The lowest BCUT2D eigenvalue weighted by atomic mass is 10.1. The number of rotatable bonds is 7. The third-order valence-electron chi connectivity index (χ3n) is 3.19. The minimum absolute atomic E-state index is 0.0446. The first-order valence-electron chi connectivity index (χ1n) is 7.39. The maximum Gasteiger partial charge on any atom is 0.320 e. The van der Waals surface area contributed by atoms with Crippen LogP contribution in [0.4, 0.5) is 17.1 Å². The average molecular weight is 326 g/mol. The van der Waals surface area contributed by atoms with Crippen LogP contribution in [0.15, 0.2) is 64.8 Å². The number of carboxylic acids is 1. The van der Waals surface area contributed by atoms with Crippen LogP contribution in [0.3, 0.4) is 0 Å². The molecule has 1 atom stereocenters. The number of amides is 1. The molecule has 0 saturated heterocycles. The number of carbonyl (C=O) groups excluding carboxylic acids is 1. The number of nitrogens with one attached hydrogen (secondary N) is 1. The van der Waals surface area contributed by atoms with Crippen LogP contribution in [0.1, 0.15) is 12.8 Å². The van der Waals surface area contributed by atoms with Gasteiger partial charge in [-0.25, -0.2) is 0 Å². The molecule has 2 aromatic carbocycles. The number of carbonyl (C=O) groups is 2. The zero-order chi connectivity index (χ0) is 17.4. The van der Waals surface area contributed by atoms with Crippen LogP contribution in [-0.2, 0) is 9.59 Å². The summed E-state index contributed by atoms with van der Waals surface area (Å²) in [5.41, 5.74) is 7.37. The van der Waals surface area contributed by atoms with Gasteiger partial charge in [0.05, 0.1) is 11.4 Å². The van der Waals surface area contributed by atoms with Gasteiger partial charge in [-0.15, -0.1) is 0 Å². The highest BCUT2D eigenvalue weighted by molar-refractivity contribution is 5.91. The minimum Gasteiger partial charge on any atom is -0.480 e. The molecule has 4 N–H and O–H groups in total. The Kier molecular flexibility index (Phi) is 6.16. The number of azo groups is 1. The summed E-state index contributed by atoms with van der Waals surface area (Å²) in [6.07, 6.45) is 0.132. The van der Waals surface area contributed by atoms with Gasteiger partial charge < -0.3 is 16.2 Å². The summed E-state index contributed by atoms with van der Waals surface area (Å²) in [7, 11) is 0. The van der Waals surface area contributed by atoms with E-state index in [1.54, 1.807) is 24.3 Å². The van der Waals surface area contributed by atoms with Gasteiger partial charge in [-0.2, -0.15) is 10.2 Å². The standard InChI is InChI=1S/C17H18N4O3/c18-15(17(23)24)10-11-16(22)19-12-6-8-14(9-7-12)21-20-13-4-2-1-3-5-13/h1-9,15H,10-11,18H2,(H,19,22)(H,23,24)/t15-/m0/s1. The van der Waals surface area contributed by atoms with Crippen molar-refractivity contribution in [3.63, 3.8) is 0 Å². The minimum atomic E-state index is -1.11. The van der Waals surface area contributed by atoms with Gasteiger partial charge in [0.2, 0.25) is 5.91 Å². The zero-order valence-electron chi connectivity index (χ0n) is 12.9. The van der Waals surface area contributed by atoms with Gasteiger partial charge in [0.1, 0.15) is 6.04 Å². The second-order valence-corrected chi connectivity index (χ2v) is 5.11. The molecule has 2 aromatic rings. The summed E-state index contributed by atoms with van der Waals surface area (Å²) in [6.45, 7) is 0. The van der Waals surface area contributed by atoms with Crippen LogP contribution in [0.5, 0.6) is 0 Å². The van der Waals surface area contributed by atoms with E-state index in [1.807, 2.05) is 30.3 Å². The summed E-state index contributed by atoms with van der Waals surface area (Å²) in [4.78, 5) is 22.3. The number of nitrogens with two attached hydrogens (primary N) is 1. The normalized spacial score (nSPS) is 12.0. The zero-order valence-corrected chi connectivity index (χ0v) is 12.9. The Balaban J connectivity index is 1.86. The number of hydrogen-bond donors (Lipinski definition) is 3. The van der Waals surface area contributed by atoms with E-state index in [0.29, 0.717) is 11.4 Å². The van der Waals surface area contributed by atoms with E-state index in [-0.39, 0.29) is 18.7 Å². The number of aliphatic carboxylic acids is 1. The summed E-state index contributed by atoms with van der Waals surface area (Å²) in [5.74, 6) is -1.40. The lowest BCUT2D eigenvalue weighted by Gasteiger charge is -2.07. The first kappa shape index (κ1) is 17.3. The quantitative estimate of drug-likeness (QED) is 0.677. The number of carboxylic acid groups (broad SMARTS) is 1. The van der Waals surface area contributed by atoms with Crippen LogP contribution < -0.4 is 11.1 Å². The van der Waals surface area contributed by atoms with Gasteiger partial charge in [0.15, 0.2) is 0 Å². The molecular weight excluding hydrogens is 308 g/mol. The average Bonchev–Trinajstić information content (AvgIpc) is 2.60. The smallest absolute Gasteiger partial charge is 0.320 e. The van der Waals surface area contributed by atoms with Crippen molar-refractivity contribution >= 4 is 28.9 Å². The predicted molar refractivity (Wildman–Crippen MR) is 90.5 cm³/mol. The van der Waals surface area contributed by atoms with E-state index in [2.05, 4.69) is 15.5 Å². The van der Waals surface area contributed by atoms with Crippen molar-refractivity contribution in [1.29, 1.82) is 0 Å². The topological polar surface area (TPSA) is 117 Å². The Morgan fingerprint density at radius 2 is 1.58 bits per heavy atom. The van der Waals surface area contributed by atoms with Gasteiger partial charge >= 0.3 is 5.97 Å². The Morgan fingerprint density at radius 3 is 2.17 bits per heavy atom. The molecule has 0 saturated carbocycles. The van der Waals surface area contributed by atoms with Crippen molar-refractivity contribution < 1.29 is 14.7 Å². The van der Waals surface area contributed by atoms with Crippen molar-refractivity contribution in [2.24, 2.45) is 16.0 Å². The third kappa shape index (κ3) is 5.62. The Labute approximate surface area is 139 Å². The van der Waals surface area contributed by atoms with Crippen molar-refractivity contribution in [2.45, 2.75) is 18.9 Å². The maximum atomic E-state index is 11.7. The van der Waals surface area contributed by atoms with Gasteiger partial charge in [-0.1, -0.05) is 18.2 Å². The molecule has 124 valence electrons. The molecule has 0 unspecified atom stereocenters. The van der Waals surface area contributed by atoms with Crippen LogP contribution in [0, 0.1) is 0 Å². The summed E-state index contributed by atoms with van der Waals surface area (Å²) < 4.78 is 0. The fraction of sp³-hybridized carbons (Fsp3) is 0.176. The molecule has 2 rings (SSSR count). The first-order valence-corrected chi connectivity index (χ1v) is 7.39. The lowest BCUT2D eigenvalue weighted by Crippen LogP contribution is -2.31. The molecule has 0 aliphatic carbocycles. The molecule has 0 radical (unpaired) electrons. The van der Waals surface area contributed by atoms with Crippen LogP contribution in [0.2, 0.25) is 0 Å². The highest BCUT2D eigenvalue weighted by Crippen LogP contribution is 2.20. The molecule has 0 aliphatic heterocycles. The molecule has 7 heteroatoms. The third-order valence-corrected chi connectivity index (χ3v) is 3.19. The highest BCUT2D eigenvalue weighted by Gasteiger charge is 2.13. The highest BCUT2D eigenvalue weighted by atomic mass is 16.4. The Morgan fingerprint density at radius 1 is 1.00 bits per heavy atom. The van der Waals surface area contributed by atoms with Crippen molar-refractivity contribution in [2.75, 3.05) is 5.32 Å². The van der Waals surface area contributed by atoms with Crippen LogP contribution >= 0.6 is 0 Å². The summed E-state index contributed by atoms with van der Waals surface area (Å²) in [6, 6.07) is 15.2. The van der Waals surface area contributed by atoms with Gasteiger partial charge in [0.25, 0.3) is 0 Å². The molecule has 0 aromatic heterocycles. The van der Waals surface area contributed by atoms with E-state index < -0.39 is 12.0 Å². The summed E-state index contributed by atoms with van der Waals surface area (Å²) in [5, 5.41) is 19.6. The molecule has 0 aliphatic rings. The maximum absolute atomic E-state index is 11.7. The number of nitrogens with zero attached hydrogens (tertiary/aromatic N) is 2. The van der Waals surface area contributed by atoms with E-state index in [0.717, 1.165) is 5.69 Å². The van der Waals surface area contributed by atoms with Crippen LogP contribution in [0.25, 0.3) is 0 Å². The van der Waals surface area contributed by atoms with Crippen LogP contribution in [-0.4, -0.2) is 23.0 Å². The lowest BCUT2D eigenvalue weighted by molar-refractivity contribution is -0.138. The van der Waals surface area contributed by atoms with E-state index in [1.165, 1.54) is 0 Å².